The summed E-state index contributed by atoms with van der Waals surface area (Å²) in [6, 6.07) is 10.3. The van der Waals surface area contributed by atoms with E-state index >= 15 is 0 Å². The zero-order chi connectivity index (χ0) is 23.0. The molecule has 1 saturated heterocycles. The molecule has 0 bridgehead atoms. The van der Waals surface area contributed by atoms with Crippen LogP contribution >= 0.6 is 22.9 Å². The van der Waals surface area contributed by atoms with Crippen LogP contribution in [0.4, 0.5) is 4.39 Å². The second-order valence-electron chi connectivity index (χ2n) is 9.38. The largest absolute Gasteiger partial charge is 0.334 e. The maximum Gasteiger partial charge on any atom is 0.274 e. The van der Waals surface area contributed by atoms with E-state index in [9.17, 15) is 9.18 Å². The quantitative estimate of drug-likeness (QED) is 0.405. The number of aromatic nitrogens is 2. The van der Waals surface area contributed by atoms with Crippen molar-refractivity contribution in [3.63, 3.8) is 0 Å². The molecule has 33 heavy (non-hydrogen) atoms. The van der Waals surface area contributed by atoms with Gasteiger partial charge in [-0.3, -0.25) is 9.78 Å². The zero-order valence-electron chi connectivity index (χ0n) is 18.7. The third kappa shape index (κ3) is 4.69. The first-order valence-corrected chi connectivity index (χ1v) is 12.8. The van der Waals surface area contributed by atoms with E-state index < -0.39 is 0 Å². The molecular formula is C26H27ClFN3OS. The first-order chi connectivity index (χ1) is 15.9. The maximum absolute atomic E-state index is 13.8. The summed E-state index contributed by atoms with van der Waals surface area (Å²) in [7, 11) is 0. The molecule has 1 spiro atoms. The van der Waals surface area contributed by atoms with E-state index in [2.05, 4.69) is 9.97 Å². The number of halogens is 2. The average Bonchev–Trinajstić information content (AvgIpc) is 3.19. The normalized spacial score (nSPS) is 19.5. The van der Waals surface area contributed by atoms with Crippen molar-refractivity contribution in [2.45, 2.75) is 57.9 Å². The summed E-state index contributed by atoms with van der Waals surface area (Å²) in [6.07, 6.45) is 9.29. The number of hydrogen-bond acceptors (Lipinski definition) is 4. The van der Waals surface area contributed by atoms with Crippen LogP contribution < -0.4 is 0 Å². The Bertz CT molecular complexity index is 1140. The average molecular weight is 484 g/mol. The summed E-state index contributed by atoms with van der Waals surface area (Å²) in [6.45, 7) is 2.68. The van der Waals surface area contributed by atoms with E-state index in [0.717, 1.165) is 53.4 Å². The first-order valence-electron chi connectivity index (χ1n) is 11.6. The van der Waals surface area contributed by atoms with Crippen molar-refractivity contribution < 1.29 is 9.18 Å². The Hall–Kier alpha value is -2.31. The minimum Gasteiger partial charge on any atom is -0.334 e. The molecule has 0 N–H and O–H groups in total. The number of amides is 1. The number of likely N-dealkylation sites (tertiary alicyclic amines) is 1. The Labute approximate surface area is 202 Å². The van der Waals surface area contributed by atoms with Crippen molar-refractivity contribution in [1.29, 1.82) is 0 Å². The van der Waals surface area contributed by atoms with Gasteiger partial charge in [-0.1, -0.05) is 30.2 Å². The van der Waals surface area contributed by atoms with E-state index in [1.54, 1.807) is 18.3 Å². The number of pyridine rings is 1. The topological polar surface area (TPSA) is 46.1 Å². The van der Waals surface area contributed by atoms with Crippen LogP contribution in [0.3, 0.4) is 0 Å². The van der Waals surface area contributed by atoms with E-state index in [4.69, 9.17) is 11.6 Å². The standard InChI is InChI=1S/C26H27ClFN3OS/c1-17-30-23(24(33-17)18-3-6-20(28)7-4-18)25(32)31-14-13-26(11-2-12-26)15-22(31)10-9-21-8-5-19(27)16-29-21/h3-8,16,22H,2,9-15H2,1H3. The SMILES string of the molecule is Cc1nc(C(=O)N2CCC3(CCC3)CC2CCc2ccc(Cl)cn2)c(-c2ccc(F)cc2)s1. The van der Waals surface area contributed by atoms with Gasteiger partial charge in [0.15, 0.2) is 0 Å². The van der Waals surface area contributed by atoms with Gasteiger partial charge in [-0.15, -0.1) is 11.3 Å². The Balaban J connectivity index is 1.40. The molecule has 0 radical (unpaired) electrons. The number of nitrogens with zero attached hydrogens (tertiary/aromatic N) is 3. The summed E-state index contributed by atoms with van der Waals surface area (Å²) in [5, 5.41) is 1.47. The van der Waals surface area contributed by atoms with Crippen LogP contribution in [0.1, 0.15) is 59.7 Å². The smallest absolute Gasteiger partial charge is 0.274 e. The second kappa shape index (κ2) is 9.15. The highest BCUT2D eigenvalue weighted by Gasteiger charge is 2.45. The molecule has 2 aromatic heterocycles. The Morgan fingerprint density at radius 3 is 2.67 bits per heavy atom. The fourth-order valence-corrected chi connectivity index (χ4v) is 6.31. The Morgan fingerprint density at radius 2 is 2.00 bits per heavy atom. The maximum atomic E-state index is 13.8. The van der Waals surface area contributed by atoms with Gasteiger partial charge in [-0.05, 0) is 80.7 Å². The minimum atomic E-state index is -0.287. The molecule has 1 aliphatic carbocycles. The molecule has 1 saturated carbocycles. The van der Waals surface area contributed by atoms with Gasteiger partial charge in [-0.25, -0.2) is 9.37 Å². The zero-order valence-corrected chi connectivity index (χ0v) is 20.3. The van der Waals surface area contributed by atoms with Gasteiger partial charge in [0.05, 0.1) is 14.9 Å². The second-order valence-corrected chi connectivity index (χ2v) is 11.0. The lowest BCUT2D eigenvalue weighted by atomic mass is 9.61. The molecule has 4 nitrogen and oxygen atoms in total. The molecule has 2 aliphatic rings. The number of hydrogen-bond donors (Lipinski definition) is 0. The van der Waals surface area contributed by atoms with Gasteiger partial charge in [0.1, 0.15) is 11.5 Å². The van der Waals surface area contributed by atoms with Crippen LogP contribution in [0.5, 0.6) is 0 Å². The Morgan fingerprint density at radius 1 is 1.21 bits per heavy atom. The van der Waals surface area contributed by atoms with Crippen LogP contribution in [0.15, 0.2) is 42.6 Å². The van der Waals surface area contributed by atoms with E-state index in [1.807, 2.05) is 24.0 Å². The van der Waals surface area contributed by atoms with Crippen molar-refractivity contribution >= 4 is 28.8 Å². The number of piperidine rings is 1. The molecule has 1 unspecified atom stereocenters. The van der Waals surface area contributed by atoms with E-state index in [-0.39, 0.29) is 17.8 Å². The number of benzene rings is 1. The number of carbonyl (C=O) groups is 1. The predicted octanol–water partition coefficient (Wildman–Crippen LogP) is 6.71. The molecular weight excluding hydrogens is 457 g/mol. The summed E-state index contributed by atoms with van der Waals surface area (Å²) in [5.41, 5.74) is 2.71. The van der Waals surface area contributed by atoms with Crippen LogP contribution in [-0.4, -0.2) is 33.4 Å². The van der Waals surface area contributed by atoms with Gasteiger partial charge >= 0.3 is 0 Å². The lowest BCUT2D eigenvalue weighted by Crippen LogP contribution is -2.52. The van der Waals surface area contributed by atoms with Crippen molar-refractivity contribution in [3.8, 4) is 10.4 Å². The molecule has 172 valence electrons. The van der Waals surface area contributed by atoms with Crippen LogP contribution in [0, 0.1) is 18.2 Å². The fourth-order valence-electron chi connectivity index (χ4n) is 5.28. The van der Waals surface area contributed by atoms with Crippen molar-refractivity contribution in [3.05, 3.63) is 69.8 Å². The number of thiazole rings is 1. The summed E-state index contributed by atoms with van der Waals surface area (Å²) in [4.78, 5) is 25.8. The highest BCUT2D eigenvalue weighted by Crippen LogP contribution is 2.51. The number of carbonyl (C=O) groups excluding carboxylic acids is 1. The summed E-state index contributed by atoms with van der Waals surface area (Å²) in [5.74, 6) is -0.299. The van der Waals surface area contributed by atoms with Crippen LogP contribution in [-0.2, 0) is 6.42 Å². The van der Waals surface area contributed by atoms with Gasteiger partial charge in [0.2, 0.25) is 0 Å². The van der Waals surface area contributed by atoms with Gasteiger partial charge in [0.25, 0.3) is 5.91 Å². The van der Waals surface area contributed by atoms with Crippen LogP contribution in [0.25, 0.3) is 10.4 Å². The third-order valence-electron chi connectivity index (χ3n) is 7.23. The molecule has 1 aliphatic heterocycles. The lowest BCUT2D eigenvalue weighted by Gasteiger charge is -2.51. The van der Waals surface area contributed by atoms with Crippen molar-refractivity contribution in [2.24, 2.45) is 5.41 Å². The van der Waals surface area contributed by atoms with Crippen LogP contribution in [0.2, 0.25) is 5.02 Å². The van der Waals surface area contributed by atoms with Gasteiger partial charge < -0.3 is 4.90 Å². The first kappa shape index (κ1) is 22.5. The Kier molecular flexibility index (Phi) is 6.23. The molecule has 3 aromatic rings. The lowest BCUT2D eigenvalue weighted by molar-refractivity contribution is -0.00240. The van der Waals surface area contributed by atoms with E-state index in [1.165, 1.54) is 42.7 Å². The minimum absolute atomic E-state index is 0.0121. The third-order valence-corrected chi connectivity index (χ3v) is 8.48. The van der Waals surface area contributed by atoms with Gasteiger partial charge in [-0.2, -0.15) is 0 Å². The highest BCUT2D eigenvalue weighted by molar-refractivity contribution is 7.15. The highest BCUT2D eigenvalue weighted by atomic mass is 35.5. The molecule has 3 heterocycles. The predicted molar refractivity (Wildman–Crippen MR) is 130 cm³/mol. The number of aryl methyl sites for hydroxylation is 2. The molecule has 7 heteroatoms. The monoisotopic (exact) mass is 483 g/mol. The molecule has 1 atom stereocenters. The molecule has 2 fully saturated rings. The summed E-state index contributed by atoms with van der Waals surface area (Å²) >= 11 is 7.48. The molecule has 1 amide bonds. The van der Waals surface area contributed by atoms with E-state index in [0.29, 0.717) is 16.1 Å². The van der Waals surface area contributed by atoms with Crippen molar-refractivity contribution in [2.75, 3.05) is 6.54 Å². The molecule has 1 aromatic carbocycles. The fraction of sp³-hybridized carbons (Fsp3) is 0.423. The summed E-state index contributed by atoms with van der Waals surface area (Å²) < 4.78 is 13.5. The molecule has 5 rings (SSSR count). The van der Waals surface area contributed by atoms with Gasteiger partial charge in [0, 0.05) is 24.5 Å². The number of rotatable bonds is 5. The van der Waals surface area contributed by atoms with Crippen molar-refractivity contribution in [1.82, 2.24) is 14.9 Å².